The maximum absolute atomic E-state index is 9.60. The van der Waals surface area contributed by atoms with Gasteiger partial charge in [0.25, 0.3) is 0 Å². The van der Waals surface area contributed by atoms with Gasteiger partial charge in [0.15, 0.2) is 5.75 Å². The summed E-state index contributed by atoms with van der Waals surface area (Å²) in [5.41, 5.74) is 8.77. The van der Waals surface area contributed by atoms with E-state index < -0.39 is 5.41 Å². The number of benzene rings is 2. The largest absolute Gasteiger partial charge is 0.489 e. The highest BCUT2D eigenvalue weighted by Crippen LogP contribution is 2.38. The number of anilines is 2. The zero-order valence-corrected chi connectivity index (χ0v) is 21.5. The van der Waals surface area contributed by atoms with E-state index in [9.17, 15) is 5.26 Å². The SMILES string of the molecule is CSNc1ccc(COc2ccc(C(C)(C)c3cc(Cl)c(OCCCl)c(C#N)c3)cc2)c(N)n1. The van der Waals surface area contributed by atoms with E-state index in [0.717, 1.165) is 16.7 Å². The van der Waals surface area contributed by atoms with Crippen molar-refractivity contribution in [2.75, 3.05) is 29.2 Å². The number of rotatable bonds is 10. The molecule has 0 fully saturated rings. The van der Waals surface area contributed by atoms with Crippen LogP contribution in [-0.4, -0.2) is 23.7 Å². The quantitative estimate of drug-likeness (QED) is 0.237. The molecule has 0 radical (unpaired) electrons. The lowest BCUT2D eigenvalue weighted by atomic mass is 9.77. The fourth-order valence-corrected chi connectivity index (χ4v) is 4.08. The number of pyridine rings is 1. The summed E-state index contributed by atoms with van der Waals surface area (Å²) < 4.78 is 14.5. The van der Waals surface area contributed by atoms with Gasteiger partial charge in [0.1, 0.15) is 36.7 Å². The number of hydrogen-bond donors (Lipinski definition) is 2. The van der Waals surface area contributed by atoms with Crippen LogP contribution in [0.4, 0.5) is 11.6 Å². The Hall–Kier alpha value is -2.79. The van der Waals surface area contributed by atoms with Crippen molar-refractivity contribution in [2.24, 2.45) is 0 Å². The van der Waals surface area contributed by atoms with Gasteiger partial charge in [0.2, 0.25) is 0 Å². The number of ether oxygens (including phenoxy) is 2. The van der Waals surface area contributed by atoms with Crippen molar-refractivity contribution in [1.82, 2.24) is 4.98 Å². The van der Waals surface area contributed by atoms with Crippen LogP contribution in [0.1, 0.15) is 36.1 Å². The molecule has 9 heteroatoms. The van der Waals surface area contributed by atoms with Crippen LogP contribution in [0.2, 0.25) is 5.02 Å². The third-order valence-electron chi connectivity index (χ3n) is 5.40. The van der Waals surface area contributed by atoms with Gasteiger partial charge in [-0.2, -0.15) is 5.26 Å². The van der Waals surface area contributed by atoms with Crippen LogP contribution in [0.25, 0.3) is 0 Å². The van der Waals surface area contributed by atoms with Crippen LogP contribution in [0.5, 0.6) is 11.5 Å². The van der Waals surface area contributed by atoms with Crippen LogP contribution in [-0.2, 0) is 12.0 Å². The Morgan fingerprint density at radius 1 is 1.12 bits per heavy atom. The first kappa shape index (κ1) is 25.8. The van der Waals surface area contributed by atoms with E-state index in [2.05, 4.69) is 29.6 Å². The van der Waals surface area contributed by atoms with E-state index in [1.807, 2.05) is 54.8 Å². The van der Waals surface area contributed by atoms with Crippen molar-refractivity contribution in [3.05, 3.63) is 75.8 Å². The van der Waals surface area contributed by atoms with Gasteiger partial charge < -0.3 is 19.9 Å². The van der Waals surface area contributed by atoms with Crippen LogP contribution in [0.15, 0.2) is 48.5 Å². The van der Waals surface area contributed by atoms with E-state index >= 15 is 0 Å². The topological polar surface area (TPSA) is 93.2 Å². The number of hydrogen-bond acceptors (Lipinski definition) is 7. The molecule has 0 bridgehead atoms. The van der Waals surface area contributed by atoms with Gasteiger partial charge in [0, 0.05) is 17.2 Å². The van der Waals surface area contributed by atoms with Crippen molar-refractivity contribution in [1.29, 1.82) is 5.26 Å². The smallest absolute Gasteiger partial charge is 0.155 e. The average Bonchev–Trinajstić information content (AvgIpc) is 2.82. The van der Waals surface area contributed by atoms with Crippen molar-refractivity contribution >= 4 is 46.8 Å². The molecule has 3 N–H and O–H groups in total. The molecule has 0 spiro atoms. The molecule has 1 heterocycles. The van der Waals surface area contributed by atoms with Crippen molar-refractivity contribution < 1.29 is 9.47 Å². The second-order valence-corrected chi connectivity index (χ2v) is 9.37. The Morgan fingerprint density at radius 3 is 2.47 bits per heavy atom. The molecule has 34 heavy (non-hydrogen) atoms. The van der Waals surface area contributed by atoms with Gasteiger partial charge >= 0.3 is 0 Å². The maximum atomic E-state index is 9.60. The highest BCUT2D eigenvalue weighted by atomic mass is 35.5. The molecule has 0 aliphatic rings. The molecule has 0 atom stereocenters. The molecule has 3 rings (SSSR count). The first-order chi connectivity index (χ1) is 16.3. The van der Waals surface area contributed by atoms with Crippen LogP contribution < -0.4 is 19.9 Å². The molecule has 0 aliphatic heterocycles. The third-order valence-corrected chi connectivity index (χ3v) is 6.25. The Morgan fingerprint density at radius 2 is 1.85 bits per heavy atom. The van der Waals surface area contributed by atoms with E-state index in [-0.39, 0.29) is 6.61 Å². The monoisotopic (exact) mass is 516 g/mol. The van der Waals surface area contributed by atoms with Crippen LogP contribution in [0.3, 0.4) is 0 Å². The Kier molecular flexibility index (Phi) is 8.78. The number of nitriles is 1. The number of halogens is 2. The molecule has 0 aliphatic carbocycles. The van der Waals surface area contributed by atoms with Crippen molar-refractivity contribution in [3.63, 3.8) is 0 Å². The zero-order valence-electron chi connectivity index (χ0n) is 19.2. The van der Waals surface area contributed by atoms with Crippen molar-refractivity contribution in [3.8, 4) is 17.6 Å². The fourth-order valence-electron chi connectivity index (χ4n) is 3.41. The minimum Gasteiger partial charge on any atom is -0.489 e. The predicted octanol–water partition coefficient (Wildman–Crippen LogP) is 6.40. The number of alkyl halides is 1. The van der Waals surface area contributed by atoms with E-state index in [4.69, 9.17) is 38.4 Å². The first-order valence-corrected chi connectivity index (χ1v) is 12.6. The molecule has 0 saturated heterocycles. The molecule has 0 amide bonds. The maximum Gasteiger partial charge on any atom is 0.155 e. The van der Waals surface area contributed by atoms with E-state index in [1.54, 1.807) is 0 Å². The number of nitrogens with two attached hydrogens (primary N) is 1. The summed E-state index contributed by atoms with van der Waals surface area (Å²) in [6.07, 6.45) is 1.92. The van der Waals surface area contributed by atoms with Gasteiger partial charge in [-0.15, -0.1) is 11.6 Å². The minimum absolute atomic E-state index is 0.278. The normalized spacial score (nSPS) is 11.1. The summed E-state index contributed by atoms with van der Waals surface area (Å²) in [5.74, 6) is 2.52. The van der Waals surface area contributed by atoms with Crippen LogP contribution in [0, 0.1) is 11.3 Å². The second-order valence-electron chi connectivity index (χ2n) is 7.97. The van der Waals surface area contributed by atoms with Gasteiger partial charge in [-0.1, -0.05) is 49.5 Å². The standard InChI is InChI=1S/C25H26Cl2N4O2S/c1-25(2,19-12-17(14-28)23(21(27)13-19)32-11-10-26)18-5-7-20(8-6-18)33-15-16-4-9-22(31-34-3)30-24(16)29/h4-9,12-13H,10-11,15H2,1-3H3,(H3,29,30,31). The highest BCUT2D eigenvalue weighted by molar-refractivity contribution is 7.99. The molecular weight excluding hydrogens is 491 g/mol. The van der Waals surface area contributed by atoms with Gasteiger partial charge in [-0.25, -0.2) is 4.98 Å². The number of nitrogens with one attached hydrogen (secondary N) is 1. The molecule has 1 aromatic heterocycles. The Labute approximate surface area is 214 Å². The molecule has 0 unspecified atom stereocenters. The Bertz CT molecular complexity index is 1180. The lowest BCUT2D eigenvalue weighted by molar-refractivity contribution is 0.306. The van der Waals surface area contributed by atoms with E-state index in [1.165, 1.54) is 11.9 Å². The fraction of sp³-hybridized carbons (Fsp3) is 0.280. The minimum atomic E-state index is -0.409. The van der Waals surface area contributed by atoms with E-state index in [0.29, 0.717) is 46.2 Å². The first-order valence-electron chi connectivity index (χ1n) is 10.5. The molecule has 2 aromatic carbocycles. The number of nitrogen functional groups attached to an aromatic ring is 1. The van der Waals surface area contributed by atoms with Gasteiger partial charge in [-0.3, -0.25) is 0 Å². The summed E-state index contributed by atoms with van der Waals surface area (Å²) in [6, 6.07) is 17.4. The summed E-state index contributed by atoms with van der Waals surface area (Å²) in [5, 5.41) is 9.98. The lowest BCUT2D eigenvalue weighted by Gasteiger charge is -2.27. The number of aromatic nitrogens is 1. The zero-order chi connectivity index (χ0) is 24.7. The summed E-state index contributed by atoms with van der Waals surface area (Å²) in [6.45, 7) is 4.74. The van der Waals surface area contributed by atoms with Gasteiger partial charge in [-0.05, 0) is 47.5 Å². The second kappa shape index (κ2) is 11.6. The van der Waals surface area contributed by atoms with Crippen LogP contribution >= 0.6 is 35.1 Å². The van der Waals surface area contributed by atoms with Gasteiger partial charge in [0.05, 0.1) is 16.5 Å². The molecule has 178 valence electrons. The average molecular weight is 517 g/mol. The summed E-state index contributed by atoms with van der Waals surface area (Å²) >= 11 is 13.6. The molecule has 0 saturated carbocycles. The molecule has 6 nitrogen and oxygen atoms in total. The van der Waals surface area contributed by atoms with Crippen molar-refractivity contribution in [2.45, 2.75) is 25.9 Å². The third kappa shape index (κ3) is 6.01. The predicted molar refractivity (Wildman–Crippen MR) is 141 cm³/mol. The molecule has 3 aromatic rings. The Balaban J connectivity index is 1.76. The summed E-state index contributed by atoms with van der Waals surface area (Å²) in [7, 11) is 0. The summed E-state index contributed by atoms with van der Waals surface area (Å²) in [4.78, 5) is 4.32. The lowest BCUT2D eigenvalue weighted by Crippen LogP contribution is -2.19. The number of nitrogens with zero attached hydrogens (tertiary/aromatic N) is 2. The highest BCUT2D eigenvalue weighted by Gasteiger charge is 2.26. The molecular formula is C25H26Cl2N4O2S.